The SMILES string of the molecule is CC12C[C@@H](C#N)C(=O)C=C1CCC1C2CCC2(C)C(O)CCC12. The van der Waals surface area contributed by atoms with Crippen LogP contribution in [0.2, 0.25) is 0 Å². The van der Waals surface area contributed by atoms with E-state index in [1.54, 1.807) is 0 Å². The minimum absolute atomic E-state index is 0.0199. The predicted octanol–water partition coefficient (Wildman–Crippen LogP) is 3.63. The molecule has 3 nitrogen and oxygen atoms in total. The van der Waals surface area contributed by atoms with Gasteiger partial charge < -0.3 is 5.11 Å². The lowest BCUT2D eigenvalue weighted by Gasteiger charge is -2.58. The standard InChI is InChI=1S/C20H27NO2/c1-19-8-7-16-14(15(19)5-6-18(19)23)4-3-13-9-17(22)12(11-21)10-20(13,16)2/h9,12,14-16,18,23H,3-8,10H2,1-2H3/t12-,14?,15?,16?,18?,19?,20?/m0/s1. The van der Waals surface area contributed by atoms with Crippen LogP contribution in [-0.2, 0) is 4.79 Å². The second kappa shape index (κ2) is 4.93. The molecule has 0 heterocycles. The zero-order valence-corrected chi connectivity index (χ0v) is 14.2. The lowest BCUT2D eigenvalue weighted by atomic mass is 9.46. The number of carbonyl (C=O) groups is 1. The van der Waals surface area contributed by atoms with Crippen molar-refractivity contribution in [1.29, 1.82) is 5.26 Å². The highest BCUT2D eigenvalue weighted by Gasteiger charge is 2.59. The van der Waals surface area contributed by atoms with Crippen LogP contribution in [0.4, 0.5) is 0 Å². The van der Waals surface area contributed by atoms with Gasteiger partial charge in [-0.05, 0) is 79.6 Å². The van der Waals surface area contributed by atoms with Gasteiger partial charge in [-0.25, -0.2) is 0 Å². The van der Waals surface area contributed by atoms with E-state index in [1.165, 1.54) is 5.57 Å². The monoisotopic (exact) mass is 313 g/mol. The van der Waals surface area contributed by atoms with Crippen LogP contribution in [0.3, 0.4) is 0 Å². The average Bonchev–Trinajstić information content (AvgIpc) is 2.83. The number of fused-ring (bicyclic) bond motifs is 5. The van der Waals surface area contributed by atoms with Crippen LogP contribution in [-0.4, -0.2) is 17.0 Å². The van der Waals surface area contributed by atoms with Gasteiger partial charge in [0.2, 0.25) is 0 Å². The number of ketones is 1. The Labute approximate surface area is 138 Å². The summed E-state index contributed by atoms with van der Waals surface area (Å²) in [6, 6.07) is 2.23. The molecule has 3 heteroatoms. The van der Waals surface area contributed by atoms with Crippen molar-refractivity contribution in [3.05, 3.63) is 11.6 Å². The Morgan fingerprint density at radius 3 is 2.74 bits per heavy atom. The Morgan fingerprint density at radius 2 is 2.00 bits per heavy atom. The number of hydrogen-bond donors (Lipinski definition) is 1. The summed E-state index contributed by atoms with van der Waals surface area (Å²) in [6.07, 6.45) is 8.86. The first kappa shape index (κ1) is 15.4. The maximum absolute atomic E-state index is 12.1. The summed E-state index contributed by atoms with van der Waals surface area (Å²) in [6.45, 7) is 4.60. The summed E-state index contributed by atoms with van der Waals surface area (Å²) >= 11 is 0. The summed E-state index contributed by atoms with van der Waals surface area (Å²) in [5.41, 5.74) is 1.42. The van der Waals surface area contributed by atoms with Crippen molar-refractivity contribution in [2.24, 2.45) is 34.5 Å². The van der Waals surface area contributed by atoms with Crippen molar-refractivity contribution < 1.29 is 9.90 Å². The molecule has 6 unspecified atom stereocenters. The smallest absolute Gasteiger partial charge is 0.172 e. The van der Waals surface area contributed by atoms with Crippen molar-refractivity contribution in [3.63, 3.8) is 0 Å². The summed E-state index contributed by atoms with van der Waals surface area (Å²) in [4.78, 5) is 12.1. The molecular weight excluding hydrogens is 286 g/mol. The highest BCUT2D eigenvalue weighted by molar-refractivity contribution is 5.95. The first-order valence-corrected chi connectivity index (χ1v) is 9.23. The maximum atomic E-state index is 12.1. The van der Waals surface area contributed by atoms with Crippen molar-refractivity contribution >= 4 is 5.78 Å². The third-order valence-electron chi connectivity index (χ3n) is 8.13. The number of allylic oxidation sites excluding steroid dienone is 1. The second-order valence-corrected chi connectivity index (χ2v) is 8.93. The van der Waals surface area contributed by atoms with E-state index in [2.05, 4.69) is 19.9 Å². The highest BCUT2D eigenvalue weighted by atomic mass is 16.3. The lowest BCUT2D eigenvalue weighted by molar-refractivity contribution is -0.121. The number of hydrogen-bond acceptors (Lipinski definition) is 3. The van der Waals surface area contributed by atoms with Crippen molar-refractivity contribution in [2.45, 2.75) is 64.9 Å². The number of aliphatic hydroxyl groups excluding tert-OH is 1. The highest BCUT2D eigenvalue weighted by Crippen LogP contribution is 2.65. The molecule has 23 heavy (non-hydrogen) atoms. The fourth-order valence-corrected chi connectivity index (χ4v) is 6.73. The van der Waals surface area contributed by atoms with Crippen LogP contribution in [0.5, 0.6) is 0 Å². The first-order valence-electron chi connectivity index (χ1n) is 9.23. The second-order valence-electron chi connectivity index (χ2n) is 8.93. The Balaban J connectivity index is 1.70. The van der Waals surface area contributed by atoms with Crippen LogP contribution in [0, 0.1) is 45.8 Å². The Morgan fingerprint density at radius 1 is 1.22 bits per heavy atom. The largest absolute Gasteiger partial charge is 0.393 e. The van der Waals surface area contributed by atoms with Gasteiger partial charge >= 0.3 is 0 Å². The van der Waals surface area contributed by atoms with E-state index in [-0.39, 0.29) is 22.7 Å². The molecule has 0 amide bonds. The normalized spacial score (nSPS) is 52.0. The molecule has 3 fully saturated rings. The van der Waals surface area contributed by atoms with Gasteiger partial charge in [0.15, 0.2) is 5.78 Å². The number of rotatable bonds is 0. The molecule has 0 aromatic rings. The number of nitriles is 1. The van der Waals surface area contributed by atoms with Crippen LogP contribution in [0.15, 0.2) is 11.6 Å². The molecule has 4 rings (SSSR count). The zero-order chi connectivity index (χ0) is 16.4. The minimum atomic E-state index is -0.454. The van der Waals surface area contributed by atoms with Gasteiger partial charge in [0, 0.05) is 0 Å². The molecule has 4 aliphatic carbocycles. The van der Waals surface area contributed by atoms with Gasteiger partial charge in [0.05, 0.1) is 12.2 Å². The van der Waals surface area contributed by atoms with E-state index >= 15 is 0 Å². The molecule has 4 aliphatic rings. The fraction of sp³-hybridized carbons (Fsp3) is 0.800. The molecule has 0 bridgehead atoms. The Bertz CT molecular complexity index is 618. The number of nitrogens with zero attached hydrogens (tertiary/aromatic N) is 1. The summed E-state index contributed by atoms with van der Waals surface area (Å²) in [5, 5.41) is 19.8. The van der Waals surface area contributed by atoms with E-state index < -0.39 is 5.92 Å². The van der Waals surface area contributed by atoms with Gasteiger partial charge in [-0.1, -0.05) is 19.4 Å². The fourth-order valence-electron chi connectivity index (χ4n) is 6.73. The van der Waals surface area contributed by atoms with E-state index in [0.717, 1.165) is 38.5 Å². The van der Waals surface area contributed by atoms with E-state index in [1.807, 2.05) is 6.08 Å². The van der Waals surface area contributed by atoms with E-state index in [4.69, 9.17) is 0 Å². The summed E-state index contributed by atoms with van der Waals surface area (Å²) in [5.74, 6) is 1.42. The molecule has 124 valence electrons. The third-order valence-corrected chi connectivity index (χ3v) is 8.13. The topological polar surface area (TPSA) is 61.1 Å². The molecule has 3 saturated carbocycles. The Kier molecular flexibility index (Phi) is 3.30. The van der Waals surface area contributed by atoms with Gasteiger partial charge in [-0.15, -0.1) is 0 Å². The molecule has 1 N–H and O–H groups in total. The summed E-state index contributed by atoms with van der Waals surface area (Å²) in [7, 11) is 0. The van der Waals surface area contributed by atoms with Gasteiger partial charge in [-0.2, -0.15) is 5.26 Å². The molecule has 7 atom stereocenters. The molecule has 0 spiro atoms. The number of aliphatic hydroxyl groups is 1. The van der Waals surface area contributed by atoms with E-state index in [0.29, 0.717) is 24.2 Å². The number of carbonyl (C=O) groups excluding carboxylic acids is 1. The first-order chi connectivity index (χ1) is 10.9. The molecule has 0 aromatic carbocycles. The lowest BCUT2D eigenvalue weighted by Crippen LogP contribution is -2.52. The molecule has 0 aromatic heterocycles. The van der Waals surface area contributed by atoms with E-state index in [9.17, 15) is 15.2 Å². The third kappa shape index (κ3) is 1.94. The van der Waals surface area contributed by atoms with Gasteiger partial charge in [0.25, 0.3) is 0 Å². The maximum Gasteiger partial charge on any atom is 0.172 e. The van der Waals surface area contributed by atoms with Gasteiger partial charge in [-0.3, -0.25) is 4.79 Å². The molecule has 0 aliphatic heterocycles. The zero-order valence-electron chi connectivity index (χ0n) is 14.2. The van der Waals surface area contributed by atoms with Gasteiger partial charge in [0.1, 0.15) is 5.92 Å². The van der Waals surface area contributed by atoms with Crippen LogP contribution < -0.4 is 0 Å². The Hall–Kier alpha value is -1.14. The molecule has 0 saturated heterocycles. The van der Waals surface area contributed by atoms with Crippen LogP contribution in [0.1, 0.15) is 58.8 Å². The van der Waals surface area contributed by atoms with Crippen LogP contribution in [0.25, 0.3) is 0 Å². The quantitative estimate of drug-likeness (QED) is 0.743. The van der Waals surface area contributed by atoms with Crippen molar-refractivity contribution in [3.8, 4) is 6.07 Å². The minimum Gasteiger partial charge on any atom is -0.393 e. The molecular formula is C20H27NO2. The molecule has 0 radical (unpaired) electrons. The summed E-state index contributed by atoms with van der Waals surface area (Å²) < 4.78 is 0. The van der Waals surface area contributed by atoms with Crippen molar-refractivity contribution in [1.82, 2.24) is 0 Å². The predicted molar refractivity (Wildman–Crippen MR) is 87.2 cm³/mol. The van der Waals surface area contributed by atoms with Crippen LogP contribution >= 0.6 is 0 Å². The van der Waals surface area contributed by atoms with Crippen molar-refractivity contribution in [2.75, 3.05) is 0 Å². The average molecular weight is 313 g/mol.